The van der Waals surface area contributed by atoms with Crippen LogP contribution < -0.4 is 10.8 Å². The first kappa shape index (κ1) is 27.7. The Hall–Kier alpha value is -2.84. The van der Waals surface area contributed by atoms with Gasteiger partial charge in [-0.2, -0.15) is 13.2 Å². The minimum Gasteiger partial charge on any atom is -0.481 e. The lowest BCUT2D eigenvalue weighted by molar-refractivity contribution is -0.139. The first-order chi connectivity index (χ1) is 17.2. The summed E-state index contributed by atoms with van der Waals surface area (Å²) in [6.45, 7) is 6.94. The van der Waals surface area contributed by atoms with Gasteiger partial charge in [0, 0.05) is 13.1 Å². The molecular weight excluding hydrogens is 469 g/mol. The Labute approximate surface area is 210 Å². The SMILES string of the molecule is C=C(NOCc1ccc(C2CCCCC2)c(C(F)(F)F)c1)c1ccc(CNCCC(=O)O)c(CC)c1. The van der Waals surface area contributed by atoms with E-state index in [9.17, 15) is 18.0 Å². The van der Waals surface area contributed by atoms with Gasteiger partial charge >= 0.3 is 12.1 Å². The third-order valence-electron chi connectivity index (χ3n) is 6.67. The Balaban J connectivity index is 1.59. The largest absolute Gasteiger partial charge is 0.481 e. The summed E-state index contributed by atoms with van der Waals surface area (Å²) in [5.74, 6) is -0.878. The Kier molecular flexibility index (Phi) is 9.96. The lowest BCUT2D eigenvalue weighted by atomic mass is 9.81. The number of hydrogen-bond donors (Lipinski definition) is 3. The first-order valence-electron chi connectivity index (χ1n) is 12.5. The van der Waals surface area contributed by atoms with Crippen LogP contribution in [0, 0.1) is 0 Å². The van der Waals surface area contributed by atoms with Crippen LogP contribution in [0.1, 0.15) is 84.7 Å². The van der Waals surface area contributed by atoms with Crippen LogP contribution >= 0.6 is 0 Å². The molecule has 0 saturated heterocycles. The van der Waals surface area contributed by atoms with E-state index in [4.69, 9.17) is 9.94 Å². The fourth-order valence-corrected chi connectivity index (χ4v) is 4.71. The Morgan fingerprint density at radius 1 is 1.11 bits per heavy atom. The molecule has 0 unspecified atom stereocenters. The van der Waals surface area contributed by atoms with E-state index in [-0.39, 0.29) is 18.9 Å². The van der Waals surface area contributed by atoms with Crippen LogP contribution in [0.15, 0.2) is 43.0 Å². The maximum Gasteiger partial charge on any atom is 0.416 e. The Bertz CT molecular complexity index is 1050. The van der Waals surface area contributed by atoms with Crippen molar-refractivity contribution in [3.05, 3.63) is 76.4 Å². The summed E-state index contributed by atoms with van der Waals surface area (Å²) in [6.07, 6.45) is 1.08. The van der Waals surface area contributed by atoms with Crippen molar-refractivity contribution in [2.75, 3.05) is 6.54 Å². The van der Waals surface area contributed by atoms with Crippen LogP contribution in [0.25, 0.3) is 5.70 Å². The third kappa shape index (κ3) is 7.83. The summed E-state index contributed by atoms with van der Waals surface area (Å²) in [5.41, 5.74) is 6.51. The molecule has 0 radical (unpaired) electrons. The van der Waals surface area contributed by atoms with Gasteiger partial charge in [0.1, 0.15) is 0 Å². The number of rotatable bonds is 12. The Morgan fingerprint density at radius 2 is 1.86 bits per heavy atom. The number of halogens is 3. The highest BCUT2D eigenvalue weighted by atomic mass is 19.4. The molecule has 196 valence electrons. The number of carboxylic acid groups (broad SMARTS) is 1. The fourth-order valence-electron chi connectivity index (χ4n) is 4.71. The molecule has 0 spiro atoms. The minimum atomic E-state index is -4.40. The molecule has 0 heterocycles. The normalized spacial score (nSPS) is 14.6. The number of carboxylic acids is 1. The van der Waals surface area contributed by atoms with Crippen LogP contribution in [0.4, 0.5) is 13.2 Å². The van der Waals surface area contributed by atoms with E-state index in [0.29, 0.717) is 29.9 Å². The second-order valence-electron chi connectivity index (χ2n) is 9.28. The van der Waals surface area contributed by atoms with E-state index < -0.39 is 17.7 Å². The Morgan fingerprint density at radius 3 is 2.53 bits per heavy atom. The minimum absolute atomic E-state index is 0.0285. The zero-order valence-electron chi connectivity index (χ0n) is 20.7. The molecule has 36 heavy (non-hydrogen) atoms. The van der Waals surface area contributed by atoms with Crippen LogP contribution in [-0.2, 0) is 35.4 Å². The predicted octanol–water partition coefficient (Wildman–Crippen LogP) is 6.57. The number of carbonyl (C=O) groups is 1. The van der Waals surface area contributed by atoms with Crippen LogP contribution in [0.2, 0.25) is 0 Å². The average molecular weight is 505 g/mol. The summed E-state index contributed by atoms with van der Waals surface area (Å²) in [6, 6.07) is 10.3. The molecule has 0 aliphatic heterocycles. The molecule has 0 aromatic heterocycles. The van der Waals surface area contributed by atoms with Crippen LogP contribution in [-0.4, -0.2) is 17.6 Å². The topological polar surface area (TPSA) is 70.6 Å². The van der Waals surface area contributed by atoms with E-state index in [1.165, 1.54) is 6.07 Å². The quantitative estimate of drug-likeness (QED) is 0.225. The van der Waals surface area contributed by atoms with Gasteiger partial charge in [-0.05, 0) is 65.1 Å². The monoisotopic (exact) mass is 504 g/mol. The van der Waals surface area contributed by atoms with Gasteiger partial charge in [0.25, 0.3) is 0 Å². The summed E-state index contributed by atoms with van der Waals surface area (Å²) in [4.78, 5) is 16.2. The molecule has 2 aromatic rings. The van der Waals surface area contributed by atoms with Crippen molar-refractivity contribution in [3.8, 4) is 0 Å². The number of hydrogen-bond acceptors (Lipinski definition) is 4. The molecule has 3 N–H and O–H groups in total. The molecule has 0 atom stereocenters. The van der Waals surface area contributed by atoms with Gasteiger partial charge in [0.15, 0.2) is 0 Å². The predicted molar refractivity (Wildman–Crippen MR) is 134 cm³/mol. The molecular formula is C28H35F3N2O3. The van der Waals surface area contributed by atoms with Gasteiger partial charge in [-0.25, -0.2) is 0 Å². The highest BCUT2D eigenvalue weighted by Gasteiger charge is 2.35. The van der Waals surface area contributed by atoms with Gasteiger partial charge in [0.2, 0.25) is 0 Å². The number of aliphatic carboxylic acids is 1. The molecule has 0 bridgehead atoms. The molecule has 2 aromatic carbocycles. The van der Waals surface area contributed by atoms with E-state index in [1.54, 1.807) is 12.1 Å². The summed E-state index contributed by atoms with van der Waals surface area (Å²) in [5, 5.41) is 11.9. The van der Waals surface area contributed by atoms with E-state index in [0.717, 1.165) is 55.2 Å². The maximum absolute atomic E-state index is 13.8. The first-order valence-corrected chi connectivity index (χ1v) is 12.5. The highest BCUT2D eigenvalue weighted by molar-refractivity contribution is 5.66. The van der Waals surface area contributed by atoms with Gasteiger partial charge < -0.3 is 10.4 Å². The second-order valence-corrected chi connectivity index (χ2v) is 9.28. The number of benzene rings is 2. The summed E-state index contributed by atoms with van der Waals surface area (Å²) >= 11 is 0. The molecule has 8 heteroatoms. The van der Waals surface area contributed by atoms with E-state index in [1.807, 2.05) is 25.1 Å². The molecule has 1 saturated carbocycles. The lowest BCUT2D eigenvalue weighted by Gasteiger charge is -2.25. The lowest BCUT2D eigenvalue weighted by Crippen LogP contribution is -2.18. The molecule has 3 rings (SSSR count). The van der Waals surface area contributed by atoms with E-state index in [2.05, 4.69) is 17.4 Å². The second kappa shape index (κ2) is 12.9. The molecule has 0 amide bonds. The standard InChI is InChI=1S/C28H35F3N2O3/c1-3-21-16-23(10-11-24(21)17-32-14-13-27(34)35)19(2)33-36-18-20-9-12-25(22-7-5-4-6-8-22)26(15-20)28(29,30)31/h9-12,15-16,22,32-33H,2-8,13-14,17-18H2,1H3,(H,34,35). The van der Waals surface area contributed by atoms with Crippen LogP contribution in [0.3, 0.4) is 0 Å². The van der Waals surface area contributed by atoms with E-state index >= 15 is 0 Å². The zero-order valence-corrected chi connectivity index (χ0v) is 20.7. The van der Waals surface area contributed by atoms with Crippen molar-refractivity contribution in [1.29, 1.82) is 0 Å². The van der Waals surface area contributed by atoms with Crippen molar-refractivity contribution in [3.63, 3.8) is 0 Å². The third-order valence-corrected chi connectivity index (χ3v) is 6.67. The van der Waals surface area contributed by atoms with Crippen molar-refractivity contribution in [1.82, 2.24) is 10.8 Å². The molecule has 1 aliphatic rings. The number of hydroxylamine groups is 1. The van der Waals surface area contributed by atoms with Gasteiger partial charge in [-0.3, -0.25) is 15.1 Å². The summed E-state index contributed by atoms with van der Waals surface area (Å²) < 4.78 is 41.4. The number of aryl methyl sites for hydroxylation is 1. The van der Waals surface area contributed by atoms with Crippen molar-refractivity contribution in [2.24, 2.45) is 0 Å². The number of nitrogens with one attached hydrogen (secondary N) is 2. The molecule has 5 nitrogen and oxygen atoms in total. The van der Waals surface area contributed by atoms with Gasteiger partial charge in [-0.15, -0.1) is 0 Å². The number of alkyl halides is 3. The molecule has 1 fully saturated rings. The highest BCUT2D eigenvalue weighted by Crippen LogP contribution is 2.41. The van der Waals surface area contributed by atoms with Crippen molar-refractivity contribution >= 4 is 11.7 Å². The summed E-state index contributed by atoms with van der Waals surface area (Å²) in [7, 11) is 0. The van der Waals surface area contributed by atoms with Gasteiger partial charge in [-0.1, -0.05) is 57.0 Å². The van der Waals surface area contributed by atoms with Crippen LogP contribution in [0.5, 0.6) is 0 Å². The fraction of sp³-hybridized carbons (Fsp3) is 0.464. The van der Waals surface area contributed by atoms with Crippen molar-refractivity contribution < 1.29 is 27.9 Å². The van der Waals surface area contributed by atoms with Crippen molar-refractivity contribution in [2.45, 2.75) is 77.1 Å². The average Bonchev–Trinajstić information content (AvgIpc) is 2.86. The van der Waals surface area contributed by atoms with Gasteiger partial charge in [0.05, 0.1) is 24.3 Å². The zero-order chi connectivity index (χ0) is 26.1. The molecule has 1 aliphatic carbocycles. The maximum atomic E-state index is 13.8. The smallest absolute Gasteiger partial charge is 0.416 e.